The Kier molecular flexibility index (Phi) is 7.91. The molecule has 1 atom stereocenters. The molecule has 1 unspecified atom stereocenters. The summed E-state index contributed by atoms with van der Waals surface area (Å²) in [5.41, 5.74) is 1.83. The Bertz CT molecular complexity index is 1230. The van der Waals surface area contributed by atoms with E-state index in [0.29, 0.717) is 11.4 Å². The van der Waals surface area contributed by atoms with Crippen molar-refractivity contribution in [2.45, 2.75) is 62.4 Å². The number of rotatable bonds is 9. The van der Waals surface area contributed by atoms with Gasteiger partial charge in [0.1, 0.15) is 0 Å². The highest BCUT2D eigenvalue weighted by Crippen LogP contribution is 2.42. The molecule has 2 aliphatic heterocycles. The highest BCUT2D eigenvalue weighted by molar-refractivity contribution is 7.90. The Balaban J connectivity index is 1.14. The van der Waals surface area contributed by atoms with Crippen molar-refractivity contribution in [3.05, 3.63) is 65.7 Å². The van der Waals surface area contributed by atoms with E-state index < -0.39 is 9.84 Å². The second-order valence-corrected chi connectivity index (χ2v) is 13.4. The van der Waals surface area contributed by atoms with Crippen molar-refractivity contribution in [2.24, 2.45) is 11.3 Å². The lowest BCUT2D eigenvalue weighted by Crippen LogP contribution is -2.45. The van der Waals surface area contributed by atoms with Crippen LogP contribution in [0.25, 0.3) is 0 Å². The molecule has 1 spiro atoms. The molecule has 0 radical (unpaired) electrons. The molecule has 8 heteroatoms. The summed E-state index contributed by atoms with van der Waals surface area (Å²) in [4.78, 5) is 30.8. The lowest BCUT2D eigenvalue weighted by Gasteiger charge is -2.38. The number of benzene rings is 2. The van der Waals surface area contributed by atoms with Gasteiger partial charge in [-0.1, -0.05) is 48.9 Å². The molecule has 2 heterocycles. The zero-order valence-corrected chi connectivity index (χ0v) is 23.1. The molecule has 2 aromatic rings. The van der Waals surface area contributed by atoms with E-state index in [1.54, 1.807) is 12.1 Å². The maximum absolute atomic E-state index is 13.5. The number of nitrogens with one attached hydrogen (secondary N) is 1. The highest BCUT2D eigenvalue weighted by Gasteiger charge is 2.47. The largest absolute Gasteiger partial charge is 0.349 e. The van der Waals surface area contributed by atoms with Crippen molar-refractivity contribution in [3.63, 3.8) is 0 Å². The monoisotopic (exact) mass is 537 g/mol. The predicted octanol–water partition coefficient (Wildman–Crippen LogP) is 3.95. The summed E-state index contributed by atoms with van der Waals surface area (Å²) in [6.45, 7) is 3.94. The molecule has 204 valence electrons. The Labute approximate surface area is 226 Å². The van der Waals surface area contributed by atoms with Crippen LogP contribution in [0, 0.1) is 11.3 Å². The zero-order valence-electron chi connectivity index (χ0n) is 22.3. The van der Waals surface area contributed by atoms with E-state index in [1.165, 1.54) is 6.26 Å². The standard InChI is InChI=1S/C30H39N3O4S/c1-38(36,37)26-12-10-23(11-13-26)22-33-21-17-30(29(33)35)15-19-32(20-16-30)18-14-27(24-6-3-2-4-7-24)31-28(34)25-8-5-9-25/h2-4,6-7,10-13,25,27H,5,8-9,14-22H2,1H3,(H,31,34). The van der Waals surface area contributed by atoms with E-state index in [1.807, 2.05) is 35.2 Å². The fourth-order valence-corrected chi connectivity index (χ4v) is 6.68. The Morgan fingerprint density at radius 1 is 1.00 bits per heavy atom. The van der Waals surface area contributed by atoms with Gasteiger partial charge < -0.3 is 15.1 Å². The highest BCUT2D eigenvalue weighted by atomic mass is 32.2. The van der Waals surface area contributed by atoms with Crippen LogP contribution in [0.4, 0.5) is 0 Å². The minimum atomic E-state index is -3.23. The number of carbonyl (C=O) groups excluding carboxylic acids is 2. The molecule has 38 heavy (non-hydrogen) atoms. The van der Waals surface area contributed by atoms with Gasteiger partial charge in [-0.15, -0.1) is 0 Å². The first-order valence-corrected chi connectivity index (χ1v) is 15.8. The number of hydrogen-bond donors (Lipinski definition) is 1. The van der Waals surface area contributed by atoms with Gasteiger partial charge in [-0.25, -0.2) is 8.42 Å². The first-order chi connectivity index (χ1) is 18.2. The maximum atomic E-state index is 13.5. The molecule has 3 fully saturated rings. The summed E-state index contributed by atoms with van der Waals surface area (Å²) >= 11 is 0. The van der Waals surface area contributed by atoms with E-state index in [0.717, 1.165) is 82.3 Å². The van der Waals surface area contributed by atoms with E-state index in [2.05, 4.69) is 22.3 Å². The molecule has 0 bridgehead atoms. The van der Waals surface area contributed by atoms with Gasteiger partial charge in [0.25, 0.3) is 0 Å². The summed E-state index contributed by atoms with van der Waals surface area (Å²) in [6, 6.07) is 17.1. The van der Waals surface area contributed by atoms with Gasteiger partial charge in [0.15, 0.2) is 9.84 Å². The van der Waals surface area contributed by atoms with Gasteiger partial charge in [0.2, 0.25) is 11.8 Å². The van der Waals surface area contributed by atoms with E-state index in [4.69, 9.17) is 0 Å². The summed E-state index contributed by atoms with van der Waals surface area (Å²) in [5, 5.41) is 3.31. The second kappa shape index (κ2) is 11.2. The molecular weight excluding hydrogens is 498 g/mol. The number of sulfone groups is 1. The number of amides is 2. The maximum Gasteiger partial charge on any atom is 0.229 e. The average molecular weight is 538 g/mol. The Morgan fingerprint density at radius 3 is 2.26 bits per heavy atom. The molecule has 0 aromatic heterocycles. The lowest BCUT2D eigenvalue weighted by molar-refractivity contribution is -0.139. The van der Waals surface area contributed by atoms with Crippen LogP contribution < -0.4 is 5.32 Å². The van der Waals surface area contributed by atoms with Crippen LogP contribution in [0.2, 0.25) is 0 Å². The molecule has 1 saturated carbocycles. The number of carbonyl (C=O) groups is 2. The molecule has 1 aliphatic carbocycles. The van der Waals surface area contributed by atoms with Crippen LogP contribution in [0.15, 0.2) is 59.5 Å². The summed E-state index contributed by atoms with van der Waals surface area (Å²) < 4.78 is 23.5. The normalized spacial score (nSPS) is 20.9. The van der Waals surface area contributed by atoms with Crippen LogP contribution in [-0.2, 0) is 26.0 Å². The van der Waals surface area contributed by atoms with Crippen LogP contribution >= 0.6 is 0 Å². The van der Waals surface area contributed by atoms with Gasteiger partial charge in [-0.05, 0) is 74.9 Å². The van der Waals surface area contributed by atoms with Crippen molar-refractivity contribution in [1.82, 2.24) is 15.1 Å². The molecule has 2 aromatic carbocycles. The third kappa shape index (κ3) is 5.96. The smallest absolute Gasteiger partial charge is 0.229 e. The van der Waals surface area contributed by atoms with Gasteiger partial charge in [-0.3, -0.25) is 9.59 Å². The number of nitrogens with zero attached hydrogens (tertiary/aromatic N) is 2. The second-order valence-electron chi connectivity index (χ2n) is 11.4. The predicted molar refractivity (Wildman–Crippen MR) is 147 cm³/mol. The lowest BCUT2D eigenvalue weighted by atomic mass is 9.77. The number of hydrogen-bond acceptors (Lipinski definition) is 5. The Morgan fingerprint density at radius 2 is 1.66 bits per heavy atom. The van der Waals surface area contributed by atoms with Crippen LogP contribution in [0.3, 0.4) is 0 Å². The quantitative estimate of drug-likeness (QED) is 0.524. The first kappa shape index (κ1) is 26.9. The van der Waals surface area contributed by atoms with Crippen molar-refractivity contribution in [3.8, 4) is 0 Å². The SMILES string of the molecule is CS(=O)(=O)c1ccc(CN2CCC3(CCN(CCC(NC(=O)C4CCC4)c4ccccc4)CC3)C2=O)cc1. The van der Waals surface area contributed by atoms with Crippen molar-refractivity contribution in [1.29, 1.82) is 0 Å². The Hall–Kier alpha value is -2.71. The summed E-state index contributed by atoms with van der Waals surface area (Å²) in [6.07, 6.45) is 7.81. The number of piperidine rings is 1. The van der Waals surface area contributed by atoms with Gasteiger partial charge >= 0.3 is 0 Å². The number of likely N-dealkylation sites (tertiary alicyclic amines) is 2. The first-order valence-electron chi connectivity index (χ1n) is 13.9. The van der Waals surface area contributed by atoms with E-state index in [-0.39, 0.29) is 29.2 Å². The summed E-state index contributed by atoms with van der Waals surface area (Å²) in [5.74, 6) is 0.592. The van der Waals surface area contributed by atoms with Gasteiger partial charge in [0, 0.05) is 31.8 Å². The van der Waals surface area contributed by atoms with Crippen LogP contribution in [0.1, 0.15) is 62.1 Å². The van der Waals surface area contributed by atoms with Crippen LogP contribution in [-0.4, -0.2) is 62.5 Å². The van der Waals surface area contributed by atoms with Crippen molar-refractivity contribution in [2.75, 3.05) is 32.4 Å². The van der Waals surface area contributed by atoms with Crippen molar-refractivity contribution < 1.29 is 18.0 Å². The molecule has 7 nitrogen and oxygen atoms in total. The summed E-state index contributed by atoms with van der Waals surface area (Å²) in [7, 11) is -3.23. The fourth-order valence-electron chi connectivity index (χ4n) is 6.05. The molecule has 1 N–H and O–H groups in total. The third-order valence-electron chi connectivity index (χ3n) is 8.87. The molecular formula is C30H39N3O4S. The molecule has 5 rings (SSSR count). The minimum Gasteiger partial charge on any atom is -0.349 e. The molecule has 2 amide bonds. The minimum absolute atomic E-state index is 0.0119. The topological polar surface area (TPSA) is 86.8 Å². The molecule has 3 aliphatic rings. The zero-order chi connectivity index (χ0) is 26.8. The molecule has 2 saturated heterocycles. The third-order valence-corrected chi connectivity index (χ3v) is 10.00. The van der Waals surface area contributed by atoms with Crippen molar-refractivity contribution >= 4 is 21.7 Å². The van der Waals surface area contributed by atoms with Gasteiger partial charge in [0.05, 0.1) is 16.4 Å². The fraction of sp³-hybridized carbons (Fsp3) is 0.533. The van der Waals surface area contributed by atoms with E-state index in [9.17, 15) is 18.0 Å². The van der Waals surface area contributed by atoms with E-state index >= 15 is 0 Å². The van der Waals surface area contributed by atoms with Crippen LogP contribution in [0.5, 0.6) is 0 Å². The van der Waals surface area contributed by atoms with Gasteiger partial charge in [-0.2, -0.15) is 0 Å². The average Bonchev–Trinajstić information content (AvgIpc) is 3.16.